The Morgan fingerprint density at radius 1 is 0.750 bits per heavy atom. The van der Waals surface area contributed by atoms with Gasteiger partial charge in [0.1, 0.15) is 11.5 Å². The minimum Gasteiger partial charge on any atom is -0.494 e. The van der Waals surface area contributed by atoms with Gasteiger partial charge in [0.2, 0.25) is 0 Å². The Bertz CT molecular complexity index is 684. The number of halogens is 1. The second-order valence-electron chi connectivity index (χ2n) is 7.64. The van der Waals surface area contributed by atoms with E-state index in [1.54, 1.807) is 0 Å². The minimum absolute atomic E-state index is 0.759. The Morgan fingerprint density at radius 3 is 2.18 bits per heavy atom. The largest absolute Gasteiger partial charge is 0.494 e. The fraction of sp³-hybridized carbons (Fsp3) is 0.600. The normalized spacial score (nSPS) is 11.1. The van der Waals surface area contributed by atoms with Crippen molar-refractivity contribution in [2.75, 3.05) is 19.1 Å². The van der Waals surface area contributed by atoms with Gasteiger partial charge in [-0.25, -0.2) is 0 Å². The quantitative estimate of drug-likeness (QED) is 0.220. The second-order valence-corrected chi connectivity index (χ2v) is 8.02. The third-order valence-corrected chi connectivity index (χ3v) is 5.53. The van der Waals surface area contributed by atoms with Gasteiger partial charge in [-0.1, -0.05) is 64.0 Å². The SMILES string of the molecule is CCCCCCCCOc1ccc2c(C)c(OCCCCCCCl)ccc2c1. The van der Waals surface area contributed by atoms with Crippen LogP contribution in [0, 0.1) is 6.92 Å². The van der Waals surface area contributed by atoms with Crippen LogP contribution in [0.2, 0.25) is 0 Å². The van der Waals surface area contributed by atoms with E-state index in [0.717, 1.165) is 49.9 Å². The molecule has 0 heterocycles. The van der Waals surface area contributed by atoms with Crippen molar-refractivity contribution in [2.24, 2.45) is 0 Å². The molecule has 0 atom stereocenters. The zero-order chi connectivity index (χ0) is 20.0. The van der Waals surface area contributed by atoms with Gasteiger partial charge in [0, 0.05) is 5.88 Å². The average Bonchev–Trinajstić information content (AvgIpc) is 2.71. The molecule has 0 aliphatic heterocycles. The van der Waals surface area contributed by atoms with Gasteiger partial charge in [-0.2, -0.15) is 0 Å². The Labute approximate surface area is 176 Å². The van der Waals surface area contributed by atoms with Crippen molar-refractivity contribution in [1.29, 1.82) is 0 Å². The molecule has 28 heavy (non-hydrogen) atoms. The third-order valence-electron chi connectivity index (χ3n) is 5.26. The molecule has 0 amide bonds. The van der Waals surface area contributed by atoms with Gasteiger partial charge in [0.25, 0.3) is 0 Å². The van der Waals surface area contributed by atoms with Gasteiger partial charge >= 0.3 is 0 Å². The molecule has 0 saturated heterocycles. The Kier molecular flexibility index (Phi) is 11.2. The van der Waals surface area contributed by atoms with E-state index in [0.29, 0.717) is 0 Å². The number of rotatable bonds is 15. The molecule has 2 aromatic rings. The van der Waals surface area contributed by atoms with Crippen molar-refractivity contribution in [3.05, 3.63) is 35.9 Å². The fourth-order valence-electron chi connectivity index (χ4n) is 3.49. The molecule has 0 aliphatic rings. The first-order valence-electron chi connectivity index (χ1n) is 11.1. The van der Waals surface area contributed by atoms with Crippen molar-refractivity contribution in [3.63, 3.8) is 0 Å². The summed E-state index contributed by atoms with van der Waals surface area (Å²) in [5.74, 6) is 2.72. The third kappa shape index (κ3) is 7.91. The maximum Gasteiger partial charge on any atom is 0.122 e. The van der Waals surface area contributed by atoms with Crippen LogP contribution in [0.4, 0.5) is 0 Å². The molecule has 0 saturated carbocycles. The smallest absolute Gasteiger partial charge is 0.122 e. The van der Waals surface area contributed by atoms with Gasteiger partial charge in [-0.3, -0.25) is 0 Å². The van der Waals surface area contributed by atoms with Crippen molar-refractivity contribution >= 4 is 22.4 Å². The van der Waals surface area contributed by atoms with Crippen LogP contribution in [0.5, 0.6) is 11.5 Å². The zero-order valence-electron chi connectivity index (χ0n) is 17.8. The lowest BCUT2D eigenvalue weighted by atomic mass is 10.0. The first kappa shape index (κ1) is 22.9. The van der Waals surface area contributed by atoms with E-state index in [-0.39, 0.29) is 0 Å². The highest BCUT2D eigenvalue weighted by Gasteiger charge is 2.06. The van der Waals surface area contributed by atoms with Crippen LogP contribution in [-0.2, 0) is 0 Å². The van der Waals surface area contributed by atoms with Crippen LogP contribution in [0.1, 0.15) is 76.7 Å². The summed E-state index contributed by atoms with van der Waals surface area (Å²) < 4.78 is 12.0. The number of aryl methyl sites for hydroxylation is 1. The zero-order valence-corrected chi connectivity index (χ0v) is 18.5. The van der Waals surface area contributed by atoms with E-state index in [9.17, 15) is 0 Å². The summed E-state index contributed by atoms with van der Waals surface area (Å²) in [6.45, 7) is 5.97. The number of alkyl halides is 1. The number of unbranched alkanes of at least 4 members (excludes halogenated alkanes) is 8. The number of hydrogen-bond donors (Lipinski definition) is 0. The summed E-state index contributed by atoms with van der Waals surface area (Å²) in [5, 5.41) is 2.46. The van der Waals surface area contributed by atoms with Gasteiger partial charge < -0.3 is 9.47 Å². The van der Waals surface area contributed by atoms with E-state index < -0.39 is 0 Å². The maximum atomic E-state index is 6.01. The first-order valence-corrected chi connectivity index (χ1v) is 11.6. The molecular formula is C25H37ClO2. The number of benzene rings is 2. The molecule has 0 fully saturated rings. The van der Waals surface area contributed by atoms with Crippen LogP contribution in [-0.4, -0.2) is 19.1 Å². The van der Waals surface area contributed by atoms with E-state index in [2.05, 4.69) is 44.2 Å². The van der Waals surface area contributed by atoms with Crippen LogP contribution < -0.4 is 9.47 Å². The molecule has 0 aliphatic carbocycles. The maximum absolute atomic E-state index is 6.01. The molecular weight excluding hydrogens is 368 g/mol. The van der Waals surface area contributed by atoms with Gasteiger partial charge in [-0.15, -0.1) is 11.6 Å². The van der Waals surface area contributed by atoms with Crippen LogP contribution >= 0.6 is 11.6 Å². The minimum atomic E-state index is 0.759. The Morgan fingerprint density at radius 2 is 1.43 bits per heavy atom. The molecule has 2 nitrogen and oxygen atoms in total. The van der Waals surface area contributed by atoms with E-state index in [1.165, 1.54) is 61.3 Å². The molecule has 0 bridgehead atoms. The summed E-state index contributed by atoms with van der Waals surface area (Å²) in [5.41, 5.74) is 1.21. The highest BCUT2D eigenvalue weighted by atomic mass is 35.5. The number of ether oxygens (including phenoxy) is 2. The summed E-state index contributed by atoms with van der Waals surface area (Å²) in [6.07, 6.45) is 12.3. The average molecular weight is 405 g/mol. The Balaban J connectivity index is 1.80. The predicted octanol–water partition coefficient (Wildman–Crippen LogP) is 8.07. The van der Waals surface area contributed by atoms with Crippen molar-refractivity contribution in [3.8, 4) is 11.5 Å². The topological polar surface area (TPSA) is 18.5 Å². The molecule has 3 heteroatoms. The molecule has 0 spiro atoms. The lowest BCUT2D eigenvalue weighted by Crippen LogP contribution is -2.00. The highest BCUT2D eigenvalue weighted by molar-refractivity contribution is 6.17. The standard InChI is InChI=1S/C25H37ClO2/c1-3-4-5-6-8-11-18-27-23-14-15-24-21(2)25(16-13-22(24)20-23)28-19-12-9-7-10-17-26/h13-16,20H,3-12,17-19H2,1-2H3. The fourth-order valence-corrected chi connectivity index (χ4v) is 3.68. The van der Waals surface area contributed by atoms with E-state index >= 15 is 0 Å². The van der Waals surface area contributed by atoms with Crippen molar-refractivity contribution in [1.82, 2.24) is 0 Å². The molecule has 0 aromatic heterocycles. The summed E-state index contributed by atoms with van der Waals surface area (Å²) in [6, 6.07) is 10.6. The summed E-state index contributed by atoms with van der Waals surface area (Å²) >= 11 is 5.72. The second kappa shape index (κ2) is 13.7. The monoisotopic (exact) mass is 404 g/mol. The molecule has 2 rings (SSSR count). The molecule has 156 valence electrons. The first-order chi connectivity index (χ1) is 13.8. The molecule has 0 N–H and O–H groups in total. The lowest BCUT2D eigenvalue weighted by Gasteiger charge is -2.13. The summed E-state index contributed by atoms with van der Waals surface area (Å²) in [7, 11) is 0. The Hall–Kier alpha value is -1.41. The molecule has 2 aromatic carbocycles. The summed E-state index contributed by atoms with van der Waals surface area (Å²) in [4.78, 5) is 0. The van der Waals surface area contributed by atoms with Crippen molar-refractivity contribution in [2.45, 2.75) is 78.1 Å². The van der Waals surface area contributed by atoms with Gasteiger partial charge in [0.15, 0.2) is 0 Å². The van der Waals surface area contributed by atoms with Crippen LogP contribution in [0.3, 0.4) is 0 Å². The number of hydrogen-bond acceptors (Lipinski definition) is 2. The van der Waals surface area contributed by atoms with Gasteiger partial charge in [-0.05, 0) is 60.7 Å². The van der Waals surface area contributed by atoms with Crippen LogP contribution in [0.15, 0.2) is 30.3 Å². The van der Waals surface area contributed by atoms with Crippen LogP contribution in [0.25, 0.3) is 10.8 Å². The molecule has 0 unspecified atom stereocenters. The highest BCUT2D eigenvalue weighted by Crippen LogP contribution is 2.30. The lowest BCUT2D eigenvalue weighted by molar-refractivity contribution is 0.303. The predicted molar refractivity (Wildman–Crippen MR) is 122 cm³/mol. The van der Waals surface area contributed by atoms with Crippen molar-refractivity contribution < 1.29 is 9.47 Å². The number of fused-ring (bicyclic) bond motifs is 1. The van der Waals surface area contributed by atoms with Gasteiger partial charge in [0.05, 0.1) is 13.2 Å². The van der Waals surface area contributed by atoms with E-state index in [1.807, 2.05) is 0 Å². The van der Waals surface area contributed by atoms with E-state index in [4.69, 9.17) is 21.1 Å². The molecule has 0 radical (unpaired) electrons.